The third kappa shape index (κ3) is 4.35. The van der Waals surface area contributed by atoms with Gasteiger partial charge in [0.05, 0.1) is 6.10 Å². The molecule has 0 saturated carbocycles. The zero-order valence-corrected chi connectivity index (χ0v) is 11.9. The number of carbonyl (C=O) groups is 1. The Labute approximate surface area is 115 Å². The van der Waals surface area contributed by atoms with Gasteiger partial charge in [0, 0.05) is 26.6 Å². The monoisotopic (exact) mass is 261 g/mol. The summed E-state index contributed by atoms with van der Waals surface area (Å²) < 4.78 is 5.61. The van der Waals surface area contributed by atoms with Crippen molar-refractivity contribution >= 4 is 5.91 Å². The van der Waals surface area contributed by atoms with E-state index in [1.54, 1.807) is 6.92 Å². The highest BCUT2D eigenvalue weighted by atomic mass is 16.5. The molecular formula is C16H23NO2. The van der Waals surface area contributed by atoms with E-state index < -0.39 is 0 Å². The smallest absolute Gasteiger partial charge is 0.219 e. The molecule has 19 heavy (non-hydrogen) atoms. The highest BCUT2D eigenvalue weighted by Gasteiger charge is 2.20. The number of aryl methyl sites for hydroxylation is 1. The fourth-order valence-electron chi connectivity index (χ4n) is 2.43. The number of nitrogens with zero attached hydrogens (tertiary/aromatic N) is 1. The van der Waals surface area contributed by atoms with Gasteiger partial charge in [0.25, 0.3) is 0 Å². The lowest BCUT2D eigenvalue weighted by atomic mass is 10.1. The van der Waals surface area contributed by atoms with Gasteiger partial charge >= 0.3 is 0 Å². The second-order valence-corrected chi connectivity index (χ2v) is 5.34. The van der Waals surface area contributed by atoms with Gasteiger partial charge in [0.2, 0.25) is 5.91 Å². The molecule has 0 unspecified atom stereocenters. The number of hydrogen-bond acceptors (Lipinski definition) is 2. The maximum atomic E-state index is 11.7. The van der Waals surface area contributed by atoms with Gasteiger partial charge < -0.3 is 9.64 Å². The number of ether oxygens (including phenoxy) is 1. The molecule has 1 aromatic carbocycles. The molecule has 0 spiro atoms. The quantitative estimate of drug-likeness (QED) is 0.815. The van der Waals surface area contributed by atoms with Gasteiger partial charge in [-0.25, -0.2) is 0 Å². The second-order valence-electron chi connectivity index (χ2n) is 5.34. The largest absolute Gasteiger partial charge is 0.376 e. The van der Waals surface area contributed by atoms with Gasteiger partial charge in [-0.3, -0.25) is 4.79 Å². The molecule has 0 radical (unpaired) electrons. The molecule has 1 saturated heterocycles. The van der Waals surface area contributed by atoms with Gasteiger partial charge in [-0.2, -0.15) is 0 Å². The van der Waals surface area contributed by atoms with Crippen LogP contribution in [0, 0.1) is 6.92 Å². The summed E-state index contributed by atoms with van der Waals surface area (Å²) >= 11 is 0. The van der Waals surface area contributed by atoms with E-state index >= 15 is 0 Å². The SMILES string of the molecule is CC(=O)N(CCc1ccc(C)cc1)C[C@H]1CCCO1. The van der Waals surface area contributed by atoms with Crippen LogP contribution in [0.5, 0.6) is 0 Å². The Balaban J connectivity index is 1.85. The summed E-state index contributed by atoms with van der Waals surface area (Å²) in [6.07, 6.45) is 3.34. The Morgan fingerprint density at radius 3 is 2.68 bits per heavy atom. The van der Waals surface area contributed by atoms with Crippen LogP contribution in [-0.2, 0) is 16.0 Å². The predicted molar refractivity (Wildman–Crippen MR) is 76.1 cm³/mol. The van der Waals surface area contributed by atoms with E-state index in [9.17, 15) is 4.79 Å². The molecule has 104 valence electrons. The summed E-state index contributed by atoms with van der Waals surface area (Å²) in [5.41, 5.74) is 2.55. The van der Waals surface area contributed by atoms with Gasteiger partial charge in [-0.05, 0) is 31.7 Å². The van der Waals surface area contributed by atoms with Gasteiger partial charge in [-0.15, -0.1) is 0 Å². The van der Waals surface area contributed by atoms with Gasteiger partial charge in [-0.1, -0.05) is 29.8 Å². The van der Waals surface area contributed by atoms with Crippen molar-refractivity contribution < 1.29 is 9.53 Å². The van der Waals surface area contributed by atoms with Gasteiger partial charge in [0.1, 0.15) is 0 Å². The van der Waals surface area contributed by atoms with Gasteiger partial charge in [0.15, 0.2) is 0 Å². The van der Waals surface area contributed by atoms with Crippen LogP contribution in [0.4, 0.5) is 0 Å². The summed E-state index contributed by atoms with van der Waals surface area (Å²) in [6, 6.07) is 8.51. The topological polar surface area (TPSA) is 29.5 Å². The molecular weight excluding hydrogens is 238 g/mol. The Hall–Kier alpha value is -1.35. The Kier molecular flexibility index (Phi) is 4.97. The Morgan fingerprint density at radius 1 is 1.37 bits per heavy atom. The van der Waals surface area contributed by atoms with Crippen LogP contribution >= 0.6 is 0 Å². The molecule has 1 fully saturated rings. The summed E-state index contributed by atoms with van der Waals surface area (Å²) in [4.78, 5) is 13.6. The molecule has 3 heteroatoms. The van der Waals surface area contributed by atoms with E-state index in [1.807, 2.05) is 4.90 Å². The summed E-state index contributed by atoms with van der Waals surface area (Å²) in [6.45, 7) is 6.08. The van der Waals surface area contributed by atoms with Crippen molar-refractivity contribution in [2.75, 3.05) is 19.7 Å². The lowest BCUT2D eigenvalue weighted by Crippen LogP contribution is -2.37. The number of benzene rings is 1. The summed E-state index contributed by atoms with van der Waals surface area (Å²) in [5.74, 6) is 0.141. The van der Waals surface area contributed by atoms with Crippen LogP contribution in [0.15, 0.2) is 24.3 Å². The van der Waals surface area contributed by atoms with E-state index in [-0.39, 0.29) is 12.0 Å². The second kappa shape index (κ2) is 6.71. The standard InChI is InChI=1S/C16H23NO2/c1-13-5-7-15(8-6-13)9-10-17(14(2)18)12-16-4-3-11-19-16/h5-8,16H,3-4,9-12H2,1-2H3/t16-/m1/s1. The van der Waals surface area contributed by atoms with Crippen molar-refractivity contribution in [3.63, 3.8) is 0 Å². The molecule has 1 aliphatic heterocycles. The average Bonchev–Trinajstić information content (AvgIpc) is 2.89. The molecule has 0 bridgehead atoms. The third-order valence-electron chi connectivity index (χ3n) is 3.68. The molecule has 0 aliphatic carbocycles. The van der Waals surface area contributed by atoms with Crippen LogP contribution in [0.25, 0.3) is 0 Å². The highest BCUT2D eigenvalue weighted by Crippen LogP contribution is 2.14. The fraction of sp³-hybridized carbons (Fsp3) is 0.562. The van der Waals surface area contributed by atoms with Crippen molar-refractivity contribution in [2.24, 2.45) is 0 Å². The Morgan fingerprint density at radius 2 is 2.11 bits per heavy atom. The number of amides is 1. The number of carbonyl (C=O) groups excluding carboxylic acids is 1. The molecule has 2 rings (SSSR count). The van der Waals surface area contributed by atoms with Crippen molar-refractivity contribution in [2.45, 2.75) is 39.2 Å². The minimum Gasteiger partial charge on any atom is -0.376 e. The lowest BCUT2D eigenvalue weighted by Gasteiger charge is -2.24. The average molecular weight is 261 g/mol. The molecule has 1 aliphatic rings. The lowest BCUT2D eigenvalue weighted by molar-refractivity contribution is -0.130. The molecule has 1 aromatic rings. The predicted octanol–water partition coefficient (Wildman–Crippen LogP) is 2.57. The molecule has 0 aromatic heterocycles. The van der Waals surface area contributed by atoms with Crippen LogP contribution in [0.3, 0.4) is 0 Å². The first-order valence-corrected chi connectivity index (χ1v) is 7.08. The van der Waals surface area contributed by atoms with Crippen molar-refractivity contribution in [3.05, 3.63) is 35.4 Å². The van der Waals surface area contributed by atoms with Crippen molar-refractivity contribution in [3.8, 4) is 0 Å². The fourth-order valence-corrected chi connectivity index (χ4v) is 2.43. The van der Waals surface area contributed by atoms with E-state index in [4.69, 9.17) is 4.74 Å². The summed E-state index contributed by atoms with van der Waals surface area (Å²) in [5, 5.41) is 0. The van der Waals surface area contributed by atoms with E-state index in [1.165, 1.54) is 11.1 Å². The Bertz CT molecular complexity index is 407. The van der Waals surface area contributed by atoms with Crippen molar-refractivity contribution in [1.82, 2.24) is 4.90 Å². The summed E-state index contributed by atoms with van der Waals surface area (Å²) in [7, 11) is 0. The zero-order valence-electron chi connectivity index (χ0n) is 11.9. The van der Waals surface area contributed by atoms with E-state index in [0.717, 1.165) is 39.0 Å². The molecule has 1 amide bonds. The number of hydrogen-bond donors (Lipinski definition) is 0. The van der Waals surface area contributed by atoms with Crippen molar-refractivity contribution in [1.29, 1.82) is 0 Å². The third-order valence-corrected chi connectivity index (χ3v) is 3.68. The first kappa shape index (κ1) is 14.1. The van der Waals surface area contributed by atoms with E-state index in [2.05, 4.69) is 31.2 Å². The van der Waals surface area contributed by atoms with Crippen LogP contribution in [0.2, 0.25) is 0 Å². The first-order valence-electron chi connectivity index (χ1n) is 7.08. The van der Waals surface area contributed by atoms with E-state index in [0.29, 0.717) is 0 Å². The minimum absolute atomic E-state index is 0.141. The molecule has 1 atom stereocenters. The maximum absolute atomic E-state index is 11.7. The highest BCUT2D eigenvalue weighted by molar-refractivity contribution is 5.73. The van der Waals surface area contributed by atoms with Crippen LogP contribution in [-0.4, -0.2) is 36.6 Å². The minimum atomic E-state index is 0.141. The first-order chi connectivity index (χ1) is 9.15. The maximum Gasteiger partial charge on any atom is 0.219 e. The van der Waals surface area contributed by atoms with Crippen LogP contribution < -0.4 is 0 Å². The molecule has 0 N–H and O–H groups in total. The molecule has 1 heterocycles. The molecule has 3 nitrogen and oxygen atoms in total. The zero-order chi connectivity index (χ0) is 13.7. The van der Waals surface area contributed by atoms with Crippen LogP contribution in [0.1, 0.15) is 30.9 Å². The number of rotatable bonds is 5. The normalized spacial score (nSPS) is 18.5.